The third-order valence-electron chi connectivity index (χ3n) is 6.43. The third-order valence-corrected chi connectivity index (χ3v) is 6.43. The molecular weight excluding hydrogens is 478 g/mol. The molecule has 0 saturated carbocycles. The maximum absolute atomic E-state index is 13.4. The lowest BCUT2D eigenvalue weighted by Gasteiger charge is -2.27. The molecule has 2 aromatic rings. The topological polar surface area (TPSA) is 121 Å². The van der Waals surface area contributed by atoms with Crippen LogP contribution in [0.2, 0.25) is 0 Å². The van der Waals surface area contributed by atoms with E-state index in [1.807, 2.05) is 19.0 Å². The highest BCUT2D eigenvalue weighted by atomic mass is 16.5. The summed E-state index contributed by atoms with van der Waals surface area (Å²) in [5.41, 5.74) is 1.76. The highest BCUT2D eigenvalue weighted by Crippen LogP contribution is 2.46. The highest BCUT2D eigenvalue weighted by molar-refractivity contribution is 6.46. The van der Waals surface area contributed by atoms with Crippen molar-refractivity contribution in [2.45, 2.75) is 33.2 Å². The summed E-state index contributed by atoms with van der Waals surface area (Å²) in [6.45, 7) is 6.19. The molecule has 200 valence electrons. The molecule has 1 atom stereocenters. The van der Waals surface area contributed by atoms with E-state index in [9.17, 15) is 19.5 Å². The summed E-state index contributed by atoms with van der Waals surface area (Å²) in [7, 11) is 6.83. The number of amides is 1. The number of hydrogen-bond donors (Lipinski definition) is 2. The van der Waals surface area contributed by atoms with Gasteiger partial charge in [0.1, 0.15) is 11.5 Å². The second-order valence-electron chi connectivity index (χ2n) is 9.08. The number of esters is 1. The van der Waals surface area contributed by atoms with Crippen molar-refractivity contribution in [2.24, 2.45) is 0 Å². The summed E-state index contributed by atoms with van der Waals surface area (Å²) >= 11 is 0. The van der Waals surface area contributed by atoms with Crippen LogP contribution in [0.1, 0.15) is 52.3 Å². The smallest absolute Gasteiger partial charge is 0.355 e. The van der Waals surface area contributed by atoms with E-state index >= 15 is 0 Å². The Hall–Kier alpha value is -3.79. The van der Waals surface area contributed by atoms with Crippen LogP contribution in [0.3, 0.4) is 0 Å². The van der Waals surface area contributed by atoms with Crippen LogP contribution in [-0.4, -0.2) is 85.6 Å². The Morgan fingerprint density at radius 2 is 1.86 bits per heavy atom. The number of hydrogen-bond acceptors (Lipinski definition) is 8. The average molecular weight is 514 g/mol. The molecule has 10 nitrogen and oxygen atoms in total. The van der Waals surface area contributed by atoms with Crippen molar-refractivity contribution in [3.63, 3.8) is 0 Å². The maximum atomic E-state index is 13.4. The molecule has 0 aliphatic carbocycles. The fourth-order valence-electron chi connectivity index (χ4n) is 4.77. The van der Waals surface area contributed by atoms with Crippen molar-refractivity contribution < 1.29 is 33.7 Å². The Labute approximate surface area is 216 Å². The molecule has 0 radical (unpaired) electrons. The molecule has 1 aromatic heterocycles. The lowest BCUT2D eigenvalue weighted by atomic mass is 9.93. The van der Waals surface area contributed by atoms with Crippen molar-refractivity contribution in [1.82, 2.24) is 14.8 Å². The number of likely N-dealkylation sites (tertiary alicyclic amines) is 1. The molecule has 0 unspecified atom stereocenters. The van der Waals surface area contributed by atoms with Gasteiger partial charge in [-0.3, -0.25) is 9.59 Å². The summed E-state index contributed by atoms with van der Waals surface area (Å²) in [4.78, 5) is 45.6. The van der Waals surface area contributed by atoms with Gasteiger partial charge in [-0.25, -0.2) is 4.79 Å². The highest BCUT2D eigenvalue weighted by Gasteiger charge is 2.47. The largest absolute Gasteiger partial charge is 0.507 e. The number of para-hydroxylation sites is 1. The number of carbonyl (C=O) groups excluding carboxylic acids is 3. The Bertz CT molecular complexity index is 1230. The van der Waals surface area contributed by atoms with Gasteiger partial charge in [-0.1, -0.05) is 12.1 Å². The van der Waals surface area contributed by atoms with E-state index < -0.39 is 23.7 Å². The molecular formula is C27H35N3O7. The quantitative estimate of drug-likeness (QED) is 0.215. The van der Waals surface area contributed by atoms with E-state index in [1.54, 1.807) is 39.0 Å². The number of carbonyl (C=O) groups is 3. The fourth-order valence-corrected chi connectivity index (χ4v) is 4.77. The van der Waals surface area contributed by atoms with Gasteiger partial charge in [0.25, 0.3) is 11.7 Å². The van der Waals surface area contributed by atoms with Crippen LogP contribution in [0.15, 0.2) is 23.8 Å². The molecule has 10 heteroatoms. The van der Waals surface area contributed by atoms with E-state index in [2.05, 4.69) is 4.98 Å². The minimum atomic E-state index is -0.924. The molecule has 1 amide bonds. The lowest BCUT2D eigenvalue weighted by Crippen LogP contribution is -2.32. The number of ketones is 1. The number of nitrogens with zero attached hydrogens (tertiary/aromatic N) is 2. The number of H-pyrrole nitrogens is 1. The van der Waals surface area contributed by atoms with Crippen LogP contribution in [0.25, 0.3) is 5.76 Å². The average Bonchev–Trinajstić information content (AvgIpc) is 3.30. The van der Waals surface area contributed by atoms with Crippen LogP contribution < -0.4 is 9.47 Å². The van der Waals surface area contributed by atoms with Crippen LogP contribution in [-0.2, 0) is 14.3 Å². The summed E-state index contributed by atoms with van der Waals surface area (Å²) in [6, 6.07) is 4.27. The van der Waals surface area contributed by atoms with E-state index in [-0.39, 0.29) is 35.7 Å². The molecule has 1 fully saturated rings. The van der Waals surface area contributed by atoms with Gasteiger partial charge in [-0.2, -0.15) is 0 Å². The van der Waals surface area contributed by atoms with Gasteiger partial charge in [0.2, 0.25) is 0 Å². The number of aryl methyl sites for hydroxylation is 1. The minimum absolute atomic E-state index is 0.0815. The van der Waals surface area contributed by atoms with Gasteiger partial charge in [-0.15, -0.1) is 0 Å². The molecule has 1 aromatic carbocycles. The van der Waals surface area contributed by atoms with Gasteiger partial charge in [0.05, 0.1) is 32.4 Å². The fraction of sp³-hybridized carbons (Fsp3) is 0.444. The van der Waals surface area contributed by atoms with Gasteiger partial charge in [0.15, 0.2) is 11.5 Å². The Balaban J connectivity index is 2.26. The van der Waals surface area contributed by atoms with Crippen molar-refractivity contribution >= 4 is 23.4 Å². The van der Waals surface area contributed by atoms with Crippen LogP contribution >= 0.6 is 0 Å². The molecule has 1 aliphatic heterocycles. The zero-order valence-corrected chi connectivity index (χ0v) is 22.4. The second kappa shape index (κ2) is 11.5. The first kappa shape index (κ1) is 27.8. The predicted octanol–water partition coefficient (Wildman–Crippen LogP) is 3.20. The van der Waals surface area contributed by atoms with Crippen LogP contribution in [0.4, 0.5) is 0 Å². The number of nitrogens with one attached hydrogen (secondary N) is 1. The van der Waals surface area contributed by atoms with Gasteiger partial charge < -0.3 is 34.1 Å². The number of Topliss-reactive ketones (excluding diaryl/α,β-unsaturated/α-hetero) is 1. The maximum Gasteiger partial charge on any atom is 0.355 e. The molecule has 1 aliphatic rings. The molecule has 37 heavy (non-hydrogen) atoms. The van der Waals surface area contributed by atoms with Gasteiger partial charge in [0, 0.05) is 23.4 Å². The van der Waals surface area contributed by atoms with Gasteiger partial charge in [-0.05, 0) is 59.5 Å². The summed E-state index contributed by atoms with van der Waals surface area (Å²) in [6.07, 6.45) is 0.609. The SMILES string of the molecule is CCOC(=O)c1[nH]c(C)c(C(O)=C2C(=O)C(=O)N(CCCN(C)C)[C@@H]2c2cccc(OC)c2OC)c1C. The second-order valence-corrected chi connectivity index (χ2v) is 9.08. The molecule has 0 bridgehead atoms. The first-order chi connectivity index (χ1) is 17.6. The van der Waals surface area contributed by atoms with Crippen LogP contribution in [0.5, 0.6) is 11.5 Å². The number of aliphatic hydroxyl groups excluding tert-OH is 1. The molecule has 2 heterocycles. The Morgan fingerprint density at radius 3 is 2.46 bits per heavy atom. The number of benzene rings is 1. The number of ether oxygens (including phenoxy) is 3. The van der Waals surface area contributed by atoms with Gasteiger partial charge >= 0.3 is 5.97 Å². The Morgan fingerprint density at radius 1 is 1.16 bits per heavy atom. The van der Waals surface area contributed by atoms with E-state index in [0.29, 0.717) is 41.3 Å². The normalized spacial score (nSPS) is 17.0. The molecule has 2 N–H and O–H groups in total. The zero-order chi connectivity index (χ0) is 27.4. The number of aromatic amines is 1. The van der Waals surface area contributed by atoms with Crippen LogP contribution in [0, 0.1) is 13.8 Å². The summed E-state index contributed by atoms with van der Waals surface area (Å²) < 4.78 is 16.2. The summed E-state index contributed by atoms with van der Waals surface area (Å²) in [5, 5.41) is 11.6. The first-order valence-corrected chi connectivity index (χ1v) is 12.1. The van der Waals surface area contributed by atoms with Crippen molar-refractivity contribution in [1.29, 1.82) is 0 Å². The van der Waals surface area contributed by atoms with Crippen molar-refractivity contribution in [3.05, 3.63) is 51.9 Å². The molecule has 0 spiro atoms. The predicted molar refractivity (Wildman–Crippen MR) is 138 cm³/mol. The first-order valence-electron chi connectivity index (χ1n) is 12.1. The number of aromatic nitrogens is 1. The Kier molecular flexibility index (Phi) is 8.65. The number of aliphatic hydroxyl groups is 1. The molecule has 1 saturated heterocycles. The standard InChI is InChI=1S/C27H35N3O7/c1-8-37-27(34)21-15(2)19(16(3)28-21)23(31)20-22(17-11-9-12-18(35-6)25(17)36-7)30(26(33)24(20)32)14-10-13-29(4)5/h9,11-12,22,28,31H,8,10,13-14H2,1-7H3/t22-/m1/s1. The van der Waals surface area contributed by atoms with E-state index in [4.69, 9.17) is 14.2 Å². The minimum Gasteiger partial charge on any atom is -0.507 e. The molecule has 3 rings (SSSR count). The monoisotopic (exact) mass is 513 g/mol. The van der Waals surface area contributed by atoms with E-state index in [0.717, 1.165) is 0 Å². The lowest BCUT2D eigenvalue weighted by molar-refractivity contribution is -0.140. The zero-order valence-electron chi connectivity index (χ0n) is 22.4. The number of rotatable bonds is 10. The third kappa shape index (κ3) is 5.20. The van der Waals surface area contributed by atoms with Crippen molar-refractivity contribution in [2.75, 3.05) is 48.0 Å². The van der Waals surface area contributed by atoms with E-state index in [1.165, 1.54) is 19.1 Å². The summed E-state index contributed by atoms with van der Waals surface area (Å²) in [5.74, 6) is -1.68. The number of methoxy groups -OCH3 is 2. The van der Waals surface area contributed by atoms with Crippen molar-refractivity contribution in [3.8, 4) is 11.5 Å².